The van der Waals surface area contributed by atoms with E-state index in [1.165, 1.54) is 5.56 Å². The van der Waals surface area contributed by atoms with E-state index in [0.717, 1.165) is 50.6 Å². The molecule has 4 heteroatoms. The van der Waals surface area contributed by atoms with E-state index >= 15 is 0 Å². The highest BCUT2D eigenvalue weighted by Crippen LogP contribution is 2.22. The molecule has 4 nitrogen and oxygen atoms in total. The molecule has 0 unspecified atom stereocenters. The molecule has 0 bridgehead atoms. The van der Waals surface area contributed by atoms with Crippen LogP contribution in [0.15, 0.2) is 12.3 Å². The first-order valence-corrected chi connectivity index (χ1v) is 6.29. The molecule has 94 valence electrons. The fourth-order valence-corrected chi connectivity index (χ4v) is 2.27. The summed E-state index contributed by atoms with van der Waals surface area (Å²) in [6.45, 7) is 7.43. The van der Waals surface area contributed by atoms with Crippen molar-refractivity contribution in [3.8, 4) is 5.75 Å². The molecule has 1 aromatic rings. The van der Waals surface area contributed by atoms with Gasteiger partial charge in [-0.15, -0.1) is 0 Å². The molecular weight excluding hydrogens is 214 g/mol. The summed E-state index contributed by atoms with van der Waals surface area (Å²) in [5.41, 5.74) is 2.40. The Morgan fingerprint density at radius 3 is 2.82 bits per heavy atom. The number of rotatable bonds is 4. The minimum atomic E-state index is 0.946. The Balaban J connectivity index is 2.16. The molecule has 17 heavy (non-hydrogen) atoms. The zero-order valence-corrected chi connectivity index (χ0v) is 10.7. The smallest absolute Gasteiger partial charge is 0.126 e. The predicted octanol–water partition coefficient (Wildman–Crippen LogP) is 1.06. The molecule has 0 aromatic carbocycles. The Morgan fingerprint density at radius 1 is 1.41 bits per heavy atom. The lowest BCUT2D eigenvalue weighted by atomic mass is 10.1. The monoisotopic (exact) mass is 235 g/mol. The number of pyridine rings is 1. The van der Waals surface area contributed by atoms with E-state index in [4.69, 9.17) is 4.74 Å². The summed E-state index contributed by atoms with van der Waals surface area (Å²) in [4.78, 5) is 6.90. The van der Waals surface area contributed by atoms with Crippen LogP contribution in [0.3, 0.4) is 0 Å². The van der Waals surface area contributed by atoms with Crippen molar-refractivity contribution >= 4 is 0 Å². The van der Waals surface area contributed by atoms with Gasteiger partial charge in [0, 0.05) is 50.2 Å². The minimum absolute atomic E-state index is 0.946. The summed E-state index contributed by atoms with van der Waals surface area (Å²) in [6.07, 6.45) is 2.79. The van der Waals surface area contributed by atoms with Gasteiger partial charge in [0.25, 0.3) is 0 Å². The maximum Gasteiger partial charge on any atom is 0.126 e. The zero-order valence-electron chi connectivity index (χ0n) is 10.7. The normalized spacial score (nSPS) is 17.1. The van der Waals surface area contributed by atoms with Crippen LogP contribution in [0.5, 0.6) is 5.75 Å². The van der Waals surface area contributed by atoms with Crippen molar-refractivity contribution in [1.29, 1.82) is 0 Å². The number of nitrogens with zero attached hydrogens (tertiary/aromatic N) is 2. The molecule has 0 amide bonds. The maximum absolute atomic E-state index is 5.45. The van der Waals surface area contributed by atoms with E-state index in [9.17, 15) is 0 Å². The second kappa shape index (κ2) is 5.98. The van der Waals surface area contributed by atoms with Crippen molar-refractivity contribution in [2.45, 2.75) is 19.9 Å². The third-order valence-electron chi connectivity index (χ3n) is 3.25. The summed E-state index contributed by atoms with van der Waals surface area (Å²) in [7, 11) is 1.73. The Bertz CT molecular complexity index is 339. The standard InChI is InChI=1S/C13H21N3O/c1-3-12-11(13(17-2)4-5-15-12)10-16-8-6-14-7-9-16/h4-5,14H,3,6-10H2,1-2H3. The van der Waals surface area contributed by atoms with Gasteiger partial charge in [0.05, 0.1) is 7.11 Å². The summed E-state index contributed by atoms with van der Waals surface area (Å²) >= 11 is 0. The van der Waals surface area contributed by atoms with Gasteiger partial charge >= 0.3 is 0 Å². The molecule has 2 rings (SSSR count). The van der Waals surface area contributed by atoms with E-state index in [1.807, 2.05) is 12.3 Å². The summed E-state index contributed by atoms with van der Waals surface area (Å²) in [5.74, 6) is 0.968. The average Bonchev–Trinajstić information content (AvgIpc) is 2.40. The molecule has 1 aliphatic heterocycles. The van der Waals surface area contributed by atoms with Crippen LogP contribution in [0.2, 0.25) is 0 Å². The van der Waals surface area contributed by atoms with E-state index in [0.29, 0.717) is 0 Å². The van der Waals surface area contributed by atoms with Crippen molar-refractivity contribution in [3.05, 3.63) is 23.5 Å². The number of hydrogen-bond acceptors (Lipinski definition) is 4. The maximum atomic E-state index is 5.45. The summed E-state index contributed by atoms with van der Waals surface area (Å²) in [5, 5.41) is 3.37. The molecule has 0 aliphatic carbocycles. The SMILES string of the molecule is CCc1nccc(OC)c1CN1CCNCC1. The van der Waals surface area contributed by atoms with E-state index in [2.05, 4.69) is 22.1 Å². The fourth-order valence-electron chi connectivity index (χ4n) is 2.27. The van der Waals surface area contributed by atoms with Gasteiger partial charge in [0.15, 0.2) is 0 Å². The lowest BCUT2D eigenvalue weighted by Gasteiger charge is -2.28. The van der Waals surface area contributed by atoms with E-state index < -0.39 is 0 Å². The Kier molecular flexibility index (Phi) is 4.34. The fraction of sp³-hybridized carbons (Fsp3) is 0.615. The molecule has 1 aliphatic rings. The lowest BCUT2D eigenvalue weighted by Crippen LogP contribution is -2.43. The van der Waals surface area contributed by atoms with Crippen molar-refractivity contribution < 1.29 is 4.74 Å². The van der Waals surface area contributed by atoms with Crippen LogP contribution in [0, 0.1) is 0 Å². The third kappa shape index (κ3) is 2.96. The second-order valence-electron chi connectivity index (χ2n) is 4.32. The first-order valence-electron chi connectivity index (χ1n) is 6.29. The van der Waals surface area contributed by atoms with Crippen LogP contribution in [0.25, 0.3) is 0 Å². The molecule has 0 spiro atoms. The molecule has 1 N–H and O–H groups in total. The van der Waals surface area contributed by atoms with Gasteiger partial charge in [-0.25, -0.2) is 0 Å². The largest absolute Gasteiger partial charge is 0.496 e. The average molecular weight is 235 g/mol. The van der Waals surface area contributed by atoms with Gasteiger partial charge in [-0.2, -0.15) is 0 Å². The Hall–Kier alpha value is -1.13. The number of aromatic nitrogens is 1. The number of nitrogens with one attached hydrogen (secondary N) is 1. The molecule has 0 radical (unpaired) electrons. The van der Waals surface area contributed by atoms with Crippen LogP contribution >= 0.6 is 0 Å². The van der Waals surface area contributed by atoms with Gasteiger partial charge in [0.2, 0.25) is 0 Å². The highest BCUT2D eigenvalue weighted by atomic mass is 16.5. The summed E-state index contributed by atoms with van der Waals surface area (Å²) in [6, 6.07) is 1.96. The second-order valence-corrected chi connectivity index (χ2v) is 4.32. The van der Waals surface area contributed by atoms with Crippen molar-refractivity contribution in [1.82, 2.24) is 15.2 Å². The summed E-state index contributed by atoms with van der Waals surface area (Å²) < 4.78 is 5.45. The molecule has 1 fully saturated rings. The third-order valence-corrected chi connectivity index (χ3v) is 3.25. The number of aryl methyl sites for hydroxylation is 1. The van der Waals surface area contributed by atoms with E-state index in [-0.39, 0.29) is 0 Å². The van der Waals surface area contributed by atoms with Crippen LogP contribution in [-0.2, 0) is 13.0 Å². The first kappa shape index (κ1) is 12.3. The van der Waals surface area contributed by atoms with Crippen molar-refractivity contribution in [3.63, 3.8) is 0 Å². The number of methoxy groups -OCH3 is 1. The molecule has 1 aromatic heterocycles. The molecule has 0 atom stereocenters. The minimum Gasteiger partial charge on any atom is -0.496 e. The zero-order chi connectivity index (χ0) is 12.1. The van der Waals surface area contributed by atoms with Crippen LogP contribution in [0.1, 0.15) is 18.2 Å². The molecule has 0 saturated carbocycles. The Morgan fingerprint density at radius 2 is 2.18 bits per heavy atom. The van der Waals surface area contributed by atoms with Crippen LogP contribution in [0.4, 0.5) is 0 Å². The van der Waals surface area contributed by atoms with Crippen molar-refractivity contribution in [2.24, 2.45) is 0 Å². The van der Waals surface area contributed by atoms with Crippen molar-refractivity contribution in [2.75, 3.05) is 33.3 Å². The van der Waals surface area contributed by atoms with Gasteiger partial charge < -0.3 is 10.1 Å². The predicted molar refractivity (Wildman–Crippen MR) is 68.3 cm³/mol. The first-order chi connectivity index (χ1) is 8.35. The number of hydrogen-bond donors (Lipinski definition) is 1. The van der Waals surface area contributed by atoms with Crippen LogP contribution in [-0.4, -0.2) is 43.2 Å². The molecule has 1 saturated heterocycles. The molecular formula is C13H21N3O. The van der Waals surface area contributed by atoms with Crippen LogP contribution < -0.4 is 10.1 Å². The van der Waals surface area contributed by atoms with E-state index in [1.54, 1.807) is 7.11 Å². The number of ether oxygens (including phenoxy) is 1. The highest BCUT2D eigenvalue weighted by Gasteiger charge is 2.15. The Labute approximate surface area is 103 Å². The topological polar surface area (TPSA) is 37.4 Å². The quantitative estimate of drug-likeness (QED) is 0.846. The van der Waals surface area contributed by atoms with Gasteiger partial charge in [-0.3, -0.25) is 9.88 Å². The lowest BCUT2D eigenvalue weighted by molar-refractivity contribution is 0.229. The number of piperazine rings is 1. The molecule has 2 heterocycles. The van der Waals surface area contributed by atoms with Gasteiger partial charge in [-0.1, -0.05) is 6.92 Å². The van der Waals surface area contributed by atoms with Gasteiger partial charge in [0.1, 0.15) is 5.75 Å². The highest BCUT2D eigenvalue weighted by molar-refractivity contribution is 5.36. The van der Waals surface area contributed by atoms with Gasteiger partial charge in [-0.05, 0) is 12.5 Å².